The zero-order valence-corrected chi connectivity index (χ0v) is 14.3. The van der Waals surface area contributed by atoms with E-state index in [0.717, 1.165) is 14.6 Å². The number of anilines is 2. The fraction of sp³-hybridized carbons (Fsp3) is 0. The van der Waals surface area contributed by atoms with Gasteiger partial charge in [-0.1, -0.05) is 15.9 Å². The summed E-state index contributed by atoms with van der Waals surface area (Å²) in [7, 11) is 0. The van der Waals surface area contributed by atoms with E-state index in [9.17, 15) is 0 Å². The van der Waals surface area contributed by atoms with Gasteiger partial charge in [-0.25, -0.2) is 4.98 Å². The first-order valence-electron chi connectivity index (χ1n) is 5.74. The Labute approximate surface area is 141 Å². The van der Waals surface area contributed by atoms with Gasteiger partial charge in [-0.3, -0.25) is 4.57 Å². The molecule has 6 nitrogen and oxygen atoms in total. The Morgan fingerprint density at radius 1 is 1.14 bits per heavy atom. The van der Waals surface area contributed by atoms with Crippen molar-refractivity contribution in [3.05, 3.63) is 51.1 Å². The zero-order chi connectivity index (χ0) is 14.8. The van der Waals surface area contributed by atoms with Crippen LogP contribution < -0.4 is 5.32 Å². The molecule has 9 heteroatoms. The Bertz CT molecular complexity index is 777. The predicted molar refractivity (Wildman–Crippen MR) is 87.1 cm³/mol. The lowest BCUT2D eigenvalue weighted by atomic mass is 10.3. The number of nitrogens with zero attached hydrogens (tertiary/aromatic N) is 5. The highest BCUT2D eigenvalue weighted by molar-refractivity contribution is 9.11. The summed E-state index contributed by atoms with van der Waals surface area (Å²) in [4.78, 5) is 16.4. The van der Waals surface area contributed by atoms with Crippen LogP contribution in [-0.4, -0.2) is 24.5 Å². The van der Waals surface area contributed by atoms with E-state index in [-0.39, 0.29) is 5.28 Å². The van der Waals surface area contributed by atoms with Crippen LogP contribution >= 0.6 is 43.5 Å². The van der Waals surface area contributed by atoms with Gasteiger partial charge in [0.05, 0.1) is 5.69 Å². The van der Waals surface area contributed by atoms with Crippen LogP contribution in [0, 0.1) is 0 Å². The van der Waals surface area contributed by atoms with Gasteiger partial charge in [0.15, 0.2) is 0 Å². The normalized spacial score (nSPS) is 10.6. The van der Waals surface area contributed by atoms with Crippen LogP contribution in [0.15, 0.2) is 45.9 Å². The number of halogens is 3. The first-order chi connectivity index (χ1) is 10.1. The average molecular weight is 430 g/mol. The number of hydrogen-bond donors (Lipinski definition) is 1. The molecular formula is C12H7Br2ClN6. The summed E-state index contributed by atoms with van der Waals surface area (Å²) in [6.45, 7) is 0. The molecule has 2 aromatic heterocycles. The molecule has 0 spiro atoms. The lowest BCUT2D eigenvalue weighted by Crippen LogP contribution is -2.05. The van der Waals surface area contributed by atoms with Crippen molar-refractivity contribution in [3.8, 4) is 5.95 Å². The molecule has 0 saturated heterocycles. The van der Waals surface area contributed by atoms with Crippen molar-refractivity contribution in [2.24, 2.45) is 0 Å². The Hall–Kier alpha value is -1.51. The van der Waals surface area contributed by atoms with Crippen LogP contribution in [0.4, 0.5) is 11.6 Å². The second kappa shape index (κ2) is 6.08. The SMILES string of the molecule is Clc1nc(Nc2cc(Br)ccc2Br)nc(-n2ccnc2)n1. The molecule has 0 bridgehead atoms. The molecule has 0 radical (unpaired) electrons. The number of rotatable bonds is 3. The maximum atomic E-state index is 5.95. The van der Waals surface area contributed by atoms with Crippen molar-refractivity contribution in [2.75, 3.05) is 5.32 Å². The monoisotopic (exact) mass is 428 g/mol. The van der Waals surface area contributed by atoms with Gasteiger partial charge in [-0.15, -0.1) is 0 Å². The van der Waals surface area contributed by atoms with E-state index in [2.05, 4.69) is 57.1 Å². The second-order valence-electron chi connectivity index (χ2n) is 3.95. The first-order valence-corrected chi connectivity index (χ1v) is 7.70. The van der Waals surface area contributed by atoms with Gasteiger partial charge in [-0.2, -0.15) is 15.0 Å². The highest BCUT2D eigenvalue weighted by atomic mass is 79.9. The lowest BCUT2D eigenvalue weighted by molar-refractivity contribution is 0.899. The van der Waals surface area contributed by atoms with Gasteiger partial charge in [0, 0.05) is 21.3 Å². The van der Waals surface area contributed by atoms with Crippen molar-refractivity contribution in [3.63, 3.8) is 0 Å². The van der Waals surface area contributed by atoms with Gasteiger partial charge in [0.2, 0.25) is 17.2 Å². The van der Waals surface area contributed by atoms with Gasteiger partial charge in [-0.05, 0) is 45.7 Å². The molecule has 1 N–H and O–H groups in total. The molecule has 2 heterocycles. The Morgan fingerprint density at radius 3 is 2.76 bits per heavy atom. The van der Waals surface area contributed by atoms with Crippen molar-refractivity contribution in [1.82, 2.24) is 24.5 Å². The first kappa shape index (κ1) is 14.4. The van der Waals surface area contributed by atoms with Crippen LogP contribution in [0.3, 0.4) is 0 Å². The fourth-order valence-electron chi connectivity index (χ4n) is 1.60. The summed E-state index contributed by atoms with van der Waals surface area (Å²) in [5, 5.41) is 3.20. The van der Waals surface area contributed by atoms with Crippen molar-refractivity contribution < 1.29 is 0 Å². The average Bonchev–Trinajstić information content (AvgIpc) is 2.96. The van der Waals surface area contributed by atoms with Crippen molar-refractivity contribution in [1.29, 1.82) is 0 Å². The topological polar surface area (TPSA) is 68.5 Å². The molecule has 0 amide bonds. The summed E-state index contributed by atoms with van der Waals surface area (Å²) < 4.78 is 3.46. The van der Waals surface area contributed by atoms with Crippen LogP contribution in [0.5, 0.6) is 0 Å². The van der Waals surface area contributed by atoms with Gasteiger partial charge >= 0.3 is 0 Å². The maximum absolute atomic E-state index is 5.95. The highest BCUT2D eigenvalue weighted by Gasteiger charge is 2.09. The molecule has 0 saturated carbocycles. The fourth-order valence-corrected chi connectivity index (χ4v) is 2.46. The quantitative estimate of drug-likeness (QED) is 0.681. The number of imidazole rings is 1. The highest BCUT2D eigenvalue weighted by Crippen LogP contribution is 2.28. The van der Waals surface area contributed by atoms with E-state index < -0.39 is 0 Å². The molecule has 0 atom stereocenters. The second-order valence-corrected chi connectivity index (χ2v) is 6.06. The standard InChI is InChI=1S/C12H7Br2ClN6/c13-7-1-2-8(14)9(5-7)17-11-18-10(15)19-12(20-11)21-4-3-16-6-21/h1-6H,(H,17,18,19,20). The van der Waals surface area contributed by atoms with Crippen molar-refractivity contribution >= 4 is 55.1 Å². The molecule has 0 fully saturated rings. The van der Waals surface area contributed by atoms with Gasteiger partial charge in [0.1, 0.15) is 6.33 Å². The van der Waals surface area contributed by atoms with Gasteiger partial charge < -0.3 is 5.32 Å². The zero-order valence-electron chi connectivity index (χ0n) is 10.3. The lowest BCUT2D eigenvalue weighted by Gasteiger charge is -2.09. The van der Waals surface area contributed by atoms with E-state index in [0.29, 0.717) is 11.9 Å². The molecule has 3 rings (SSSR count). The Kier molecular flexibility index (Phi) is 4.18. The van der Waals surface area contributed by atoms with E-state index in [1.165, 1.54) is 0 Å². The molecule has 0 unspecified atom stereocenters. The molecule has 1 aromatic carbocycles. The third-order valence-corrected chi connectivity index (χ3v) is 3.86. The minimum absolute atomic E-state index is 0.0994. The van der Waals surface area contributed by atoms with E-state index >= 15 is 0 Å². The molecule has 0 aliphatic carbocycles. The molecule has 106 valence electrons. The van der Waals surface area contributed by atoms with E-state index in [1.54, 1.807) is 23.3 Å². The van der Waals surface area contributed by atoms with E-state index in [4.69, 9.17) is 11.6 Å². The summed E-state index contributed by atoms with van der Waals surface area (Å²) in [5.74, 6) is 0.735. The maximum Gasteiger partial charge on any atom is 0.241 e. The largest absolute Gasteiger partial charge is 0.323 e. The van der Waals surface area contributed by atoms with Crippen molar-refractivity contribution in [2.45, 2.75) is 0 Å². The van der Waals surface area contributed by atoms with Gasteiger partial charge in [0.25, 0.3) is 0 Å². The number of nitrogens with one attached hydrogen (secondary N) is 1. The summed E-state index contributed by atoms with van der Waals surface area (Å²) in [6.07, 6.45) is 4.95. The van der Waals surface area contributed by atoms with Crippen LogP contribution in [0.2, 0.25) is 5.28 Å². The summed E-state index contributed by atoms with van der Waals surface area (Å²) in [6, 6.07) is 5.73. The molecular weight excluding hydrogens is 423 g/mol. The number of aromatic nitrogens is 5. The number of hydrogen-bond acceptors (Lipinski definition) is 5. The minimum Gasteiger partial charge on any atom is -0.323 e. The summed E-state index contributed by atoms with van der Waals surface area (Å²) in [5.41, 5.74) is 0.809. The van der Waals surface area contributed by atoms with Crippen LogP contribution in [-0.2, 0) is 0 Å². The molecule has 0 aliphatic rings. The molecule has 3 aromatic rings. The third kappa shape index (κ3) is 3.39. The van der Waals surface area contributed by atoms with E-state index in [1.807, 2.05) is 18.2 Å². The smallest absolute Gasteiger partial charge is 0.241 e. The predicted octanol–water partition coefficient (Wildman–Crippen LogP) is 3.98. The third-order valence-electron chi connectivity index (χ3n) is 2.51. The van der Waals surface area contributed by atoms with Crippen LogP contribution in [0.25, 0.3) is 5.95 Å². The molecule has 21 heavy (non-hydrogen) atoms. The summed E-state index contributed by atoms with van der Waals surface area (Å²) >= 11 is 12.8. The Balaban J connectivity index is 1.97. The van der Waals surface area contributed by atoms with Crippen LogP contribution in [0.1, 0.15) is 0 Å². The number of benzene rings is 1. The molecule has 0 aliphatic heterocycles. The minimum atomic E-state index is 0.0994. The Morgan fingerprint density at radius 2 is 2.00 bits per heavy atom.